The van der Waals surface area contributed by atoms with Gasteiger partial charge in [-0.05, 0) is 31.5 Å². The van der Waals surface area contributed by atoms with Crippen LogP contribution in [0.25, 0.3) is 0 Å². The number of likely N-dealkylation sites (N-methyl/N-ethyl adjacent to an activating group) is 1. The van der Waals surface area contributed by atoms with Crippen molar-refractivity contribution in [2.75, 3.05) is 33.2 Å². The van der Waals surface area contributed by atoms with Crippen LogP contribution in [0.2, 0.25) is 0 Å². The van der Waals surface area contributed by atoms with Crippen LogP contribution in [0.5, 0.6) is 0 Å². The third-order valence-corrected chi connectivity index (χ3v) is 7.02. The third-order valence-electron chi connectivity index (χ3n) is 5.20. The summed E-state index contributed by atoms with van der Waals surface area (Å²) in [5, 5.41) is 8.86. The minimum absolute atomic E-state index is 0.0623. The molecule has 1 saturated heterocycles. The molecule has 0 aromatic heterocycles. The Morgan fingerprint density at radius 3 is 2.61 bits per heavy atom. The molecule has 0 radical (unpaired) electrons. The quantitative estimate of drug-likeness (QED) is 0.530. The molecule has 2 heterocycles. The van der Waals surface area contributed by atoms with Crippen molar-refractivity contribution in [1.82, 2.24) is 20.3 Å². The highest BCUT2D eigenvalue weighted by Crippen LogP contribution is 2.28. The Labute approximate surface area is 165 Å². The molecule has 152 valence electrons. The monoisotopic (exact) mass is 406 g/mol. The Morgan fingerprint density at radius 1 is 1.18 bits per heavy atom. The number of amides is 2. The predicted molar refractivity (Wildman–Crippen MR) is 105 cm³/mol. The molecule has 1 atom stereocenters. The first-order valence-corrected chi connectivity index (χ1v) is 10.7. The fourth-order valence-electron chi connectivity index (χ4n) is 3.21. The van der Waals surface area contributed by atoms with Gasteiger partial charge in [0.2, 0.25) is 15.9 Å². The normalized spacial score (nSPS) is 26.7. The van der Waals surface area contributed by atoms with Crippen LogP contribution in [-0.4, -0.2) is 63.8 Å². The van der Waals surface area contributed by atoms with Crippen LogP contribution >= 0.6 is 0 Å². The van der Waals surface area contributed by atoms with Crippen molar-refractivity contribution in [3.8, 4) is 0 Å². The summed E-state index contributed by atoms with van der Waals surface area (Å²) in [6, 6.07) is 5.72. The fourth-order valence-corrected chi connectivity index (χ4v) is 4.38. The molecule has 0 aliphatic carbocycles. The predicted octanol–water partition coefficient (Wildman–Crippen LogP) is 0.0911. The fraction of sp³-hybridized carbons (Fsp3) is 0.474. The molecule has 28 heavy (non-hydrogen) atoms. The molecular formula is C19H26N4O4S. The maximum Gasteiger partial charge on any atom is 0.251 e. The molecule has 2 bridgehead atoms. The Bertz CT molecular complexity index is 893. The van der Waals surface area contributed by atoms with Crippen LogP contribution in [-0.2, 0) is 14.8 Å². The first kappa shape index (κ1) is 20.5. The maximum atomic E-state index is 12.8. The average Bonchev–Trinajstić information content (AvgIpc) is 2.63. The van der Waals surface area contributed by atoms with Crippen LogP contribution in [0.4, 0.5) is 0 Å². The molecule has 1 aromatic carbocycles. The van der Waals surface area contributed by atoms with E-state index in [1.54, 1.807) is 18.2 Å². The number of nitrogens with zero attached hydrogens (tertiary/aromatic N) is 1. The molecule has 0 saturated carbocycles. The summed E-state index contributed by atoms with van der Waals surface area (Å²) < 4.78 is 26.8. The third kappa shape index (κ3) is 4.11. The van der Waals surface area contributed by atoms with Crippen molar-refractivity contribution in [2.24, 2.45) is 5.41 Å². The summed E-state index contributed by atoms with van der Waals surface area (Å²) in [5.41, 5.74) is -0.275. The number of carbonyl (C=O) groups excluding carboxylic acids is 2. The summed E-state index contributed by atoms with van der Waals surface area (Å²) in [5.74, 6) is -0.444. The Morgan fingerprint density at radius 2 is 1.93 bits per heavy atom. The van der Waals surface area contributed by atoms with Gasteiger partial charge < -0.3 is 16.0 Å². The van der Waals surface area contributed by atoms with Crippen molar-refractivity contribution in [2.45, 2.75) is 24.3 Å². The second kappa shape index (κ2) is 8.02. The number of sulfonamides is 1. The lowest BCUT2D eigenvalue weighted by molar-refractivity contribution is -0.134. The molecule has 2 aliphatic rings. The number of fused-ring (bicyclic) bond motifs is 2. The number of allylic oxidation sites excluding steroid dienone is 1. The molecule has 1 fully saturated rings. The van der Waals surface area contributed by atoms with E-state index in [2.05, 4.69) is 16.0 Å². The Balaban J connectivity index is 1.90. The largest absolute Gasteiger partial charge is 0.351 e. The molecule has 8 nitrogen and oxygen atoms in total. The molecule has 2 amide bonds. The van der Waals surface area contributed by atoms with Gasteiger partial charge in [0.05, 0.1) is 10.3 Å². The topological polar surface area (TPSA) is 108 Å². The van der Waals surface area contributed by atoms with Gasteiger partial charge in [0.25, 0.3) is 5.91 Å². The second-order valence-corrected chi connectivity index (χ2v) is 9.50. The number of carbonyl (C=O) groups is 2. The van der Waals surface area contributed by atoms with Crippen molar-refractivity contribution in [3.63, 3.8) is 0 Å². The van der Waals surface area contributed by atoms with Crippen LogP contribution in [0.3, 0.4) is 0 Å². The lowest BCUT2D eigenvalue weighted by Gasteiger charge is -2.41. The minimum Gasteiger partial charge on any atom is -0.351 e. The summed E-state index contributed by atoms with van der Waals surface area (Å²) in [6.45, 7) is 3.40. The van der Waals surface area contributed by atoms with E-state index in [0.717, 1.165) is 0 Å². The van der Waals surface area contributed by atoms with E-state index in [1.807, 2.05) is 13.0 Å². The minimum atomic E-state index is -3.72. The van der Waals surface area contributed by atoms with Gasteiger partial charge in [0, 0.05) is 44.8 Å². The van der Waals surface area contributed by atoms with Crippen molar-refractivity contribution in [1.29, 1.82) is 0 Å². The molecule has 3 N–H and O–H groups in total. The van der Waals surface area contributed by atoms with Gasteiger partial charge in [0.15, 0.2) is 0 Å². The molecule has 1 spiro atoms. The molecular weight excluding hydrogens is 380 g/mol. The molecule has 1 aromatic rings. The second-order valence-electron chi connectivity index (χ2n) is 7.46. The lowest BCUT2D eigenvalue weighted by atomic mass is 9.77. The van der Waals surface area contributed by atoms with Gasteiger partial charge in [-0.25, -0.2) is 8.42 Å². The van der Waals surface area contributed by atoms with E-state index in [-0.39, 0.29) is 41.4 Å². The zero-order chi connectivity index (χ0) is 20.4. The highest BCUT2D eigenvalue weighted by atomic mass is 32.2. The van der Waals surface area contributed by atoms with E-state index in [9.17, 15) is 18.0 Å². The highest BCUT2D eigenvalue weighted by Gasteiger charge is 2.43. The van der Waals surface area contributed by atoms with Gasteiger partial charge in [0.1, 0.15) is 0 Å². The van der Waals surface area contributed by atoms with Crippen LogP contribution in [0.15, 0.2) is 41.3 Å². The van der Waals surface area contributed by atoms with E-state index in [1.165, 1.54) is 23.5 Å². The van der Waals surface area contributed by atoms with Crippen molar-refractivity contribution < 1.29 is 18.0 Å². The first-order valence-electron chi connectivity index (χ1n) is 9.26. The van der Waals surface area contributed by atoms with Gasteiger partial charge in [-0.3, -0.25) is 9.59 Å². The summed E-state index contributed by atoms with van der Waals surface area (Å²) >= 11 is 0. The summed E-state index contributed by atoms with van der Waals surface area (Å²) in [4.78, 5) is 25.2. The van der Waals surface area contributed by atoms with E-state index in [4.69, 9.17) is 0 Å². The first-order chi connectivity index (χ1) is 13.2. The number of hydrogen-bond acceptors (Lipinski definition) is 5. The number of rotatable bonds is 0. The lowest BCUT2D eigenvalue weighted by Crippen LogP contribution is -2.62. The summed E-state index contributed by atoms with van der Waals surface area (Å²) in [7, 11) is -2.23. The SMILES string of the molecule is C[C@@H]1CNC(=O)c2cccc(c2)S(=O)(=O)N(C)C/C=C/CC2(CNC2)C(=O)N1. The molecule has 3 rings (SSSR count). The summed E-state index contributed by atoms with van der Waals surface area (Å²) in [6.07, 6.45) is 4.15. The smallest absolute Gasteiger partial charge is 0.251 e. The molecule has 0 unspecified atom stereocenters. The van der Waals surface area contributed by atoms with Gasteiger partial charge in [-0.15, -0.1) is 0 Å². The van der Waals surface area contributed by atoms with Crippen LogP contribution in [0.1, 0.15) is 23.7 Å². The maximum absolute atomic E-state index is 12.8. The zero-order valence-corrected chi connectivity index (χ0v) is 16.9. The molecule has 2 aliphatic heterocycles. The van der Waals surface area contributed by atoms with Crippen molar-refractivity contribution in [3.05, 3.63) is 42.0 Å². The van der Waals surface area contributed by atoms with Gasteiger partial charge in [-0.1, -0.05) is 18.2 Å². The highest BCUT2D eigenvalue weighted by molar-refractivity contribution is 7.89. The zero-order valence-electron chi connectivity index (χ0n) is 16.1. The van der Waals surface area contributed by atoms with E-state index < -0.39 is 15.4 Å². The Kier molecular flexibility index (Phi) is 5.87. The Hall–Kier alpha value is -2.23. The van der Waals surface area contributed by atoms with Crippen molar-refractivity contribution >= 4 is 21.8 Å². The number of nitrogens with one attached hydrogen (secondary N) is 3. The standard InChI is InChI=1S/C19H26N4O4S/c1-14-11-21-17(24)15-6-5-7-16(10-15)28(26,27)23(2)9-4-3-8-19(12-20-13-19)18(25)22-14/h3-7,10,14,20H,8-9,11-13H2,1-2H3,(H,21,24)(H,22,25)/b4-3+/t14-/m1/s1. The number of benzene rings is 1. The van der Waals surface area contributed by atoms with Gasteiger partial charge in [-0.2, -0.15) is 4.31 Å². The van der Waals surface area contributed by atoms with Crippen LogP contribution in [0, 0.1) is 5.41 Å². The average molecular weight is 407 g/mol. The molecule has 9 heteroatoms. The van der Waals surface area contributed by atoms with Crippen LogP contribution < -0.4 is 16.0 Å². The number of hydrogen-bond donors (Lipinski definition) is 3. The van der Waals surface area contributed by atoms with Gasteiger partial charge >= 0.3 is 0 Å². The van der Waals surface area contributed by atoms with E-state index >= 15 is 0 Å². The van der Waals surface area contributed by atoms with E-state index in [0.29, 0.717) is 19.5 Å².